The van der Waals surface area contributed by atoms with Gasteiger partial charge in [-0.2, -0.15) is 0 Å². The first-order chi connectivity index (χ1) is 11.4. The van der Waals surface area contributed by atoms with Crippen LogP contribution in [0.4, 0.5) is 5.69 Å². The molecule has 24 heavy (non-hydrogen) atoms. The number of carbonyl (C=O) groups is 2. The summed E-state index contributed by atoms with van der Waals surface area (Å²) < 4.78 is 0. The standard InChI is InChI=1S/C18H18Cl2N2O2/c1-12-6-8-14(9-7-12)18(24)21-10-11-22(13(2)23)16-5-3-4-15(19)17(16)20/h3-9H,10-11H2,1-2H3,(H,21,24). The van der Waals surface area contributed by atoms with E-state index in [1.165, 1.54) is 11.8 Å². The van der Waals surface area contributed by atoms with Gasteiger partial charge in [-0.05, 0) is 31.2 Å². The molecule has 0 aliphatic rings. The Labute approximate surface area is 151 Å². The number of halogens is 2. The van der Waals surface area contributed by atoms with E-state index in [9.17, 15) is 9.59 Å². The van der Waals surface area contributed by atoms with Crippen LogP contribution in [0.2, 0.25) is 10.0 Å². The normalized spacial score (nSPS) is 10.3. The van der Waals surface area contributed by atoms with Gasteiger partial charge in [-0.3, -0.25) is 9.59 Å². The Morgan fingerprint density at radius 1 is 1.08 bits per heavy atom. The molecule has 6 heteroatoms. The van der Waals surface area contributed by atoms with Gasteiger partial charge in [0, 0.05) is 25.6 Å². The second-order valence-corrected chi connectivity index (χ2v) is 6.15. The smallest absolute Gasteiger partial charge is 0.251 e. The summed E-state index contributed by atoms with van der Waals surface area (Å²) in [6.45, 7) is 4.00. The average Bonchev–Trinajstić information content (AvgIpc) is 2.55. The zero-order chi connectivity index (χ0) is 17.7. The van der Waals surface area contributed by atoms with Crippen LogP contribution in [0.15, 0.2) is 42.5 Å². The van der Waals surface area contributed by atoms with Crippen LogP contribution in [-0.2, 0) is 4.79 Å². The lowest BCUT2D eigenvalue weighted by Crippen LogP contribution is -2.37. The second kappa shape index (κ2) is 8.18. The van der Waals surface area contributed by atoms with Gasteiger partial charge < -0.3 is 10.2 Å². The van der Waals surface area contributed by atoms with Crippen LogP contribution in [0.25, 0.3) is 0 Å². The van der Waals surface area contributed by atoms with Gasteiger partial charge in [-0.15, -0.1) is 0 Å². The lowest BCUT2D eigenvalue weighted by Gasteiger charge is -2.23. The van der Waals surface area contributed by atoms with Crippen molar-refractivity contribution in [2.45, 2.75) is 13.8 Å². The van der Waals surface area contributed by atoms with Crippen molar-refractivity contribution in [3.63, 3.8) is 0 Å². The molecule has 0 saturated heterocycles. The Balaban J connectivity index is 2.02. The van der Waals surface area contributed by atoms with E-state index in [-0.39, 0.29) is 11.8 Å². The maximum Gasteiger partial charge on any atom is 0.251 e. The summed E-state index contributed by atoms with van der Waals surface area (Å²) in [5, 5.41) is 3.50. The summed E-state index contributed by atoms with van der Waals surface area (Å²) in [6.07, 6.45) is 0. The van der Waals surface area contributed by atoms with Gasteiger partial charge >= 0.3 is 0 Å². The minimum atomic E-state index is -0.185. The topological polar surface area (TPSA) is 49.4 Å². The van der Waals surface area contributed by atoms with Gasteiger partial charge in [0.2, 0.25) is 5.91 Å². The number of aryl methyl sites for hydroxylation is 1. The van der Waals surface area contributed by atoms with Crippen LogP contribution in [0, 0.1) is 6.92 Å². The molecule has 0 bridgehead atoms. The molecule has 2 amide bonds. The van der Waals surface area contributed by atoms with Crippen LogP contribution in [0.3, 0.4) is 0 Å². The molecule has 0 saturated carbocycles. The molecule has 0 heterocycles. The summed E-state index contributed by atoms with van der Waals surface area (Å²) in [7, 11) is 0. The number of amides is 2. The molecule has 126 valence electrons. The monoisotopic (exact) mass is 364 g/mol. The summed E-state index contributed by atoms with van der Waals surface area (Å²) >= 11 is 12.2. The maximum absolute atomic E-state index is 12.1. The van der Waals surface area contributed by atoms with E-state index in [4.69, 9.17) is 23.2 Å². The van der Waals surface area contributed by atoms with E-state index in [1.54, 1.807) is 30.3 Å². The SMILES string of the molecule is CC(=O)N(CCNC(=O)c1ccc(C)cc1)c1cccc(Cl)c1Cl. The van der Waals surface area contributed by atoms with E-state index >= 15 is 0 Å². The number of carbonyl (C=O) groups excluding carboxylic acids is 2. The van der Waals surface area contributed by atoms with Crippen molar-refractivity contribution in [1.82, 2.24) is 5.32 Å². The largest absolute Gasteiger partial charge is 0.350 e. The molecule has 2 aromatic carbocycles. The summed E-state index contributed by atoms with van der Waals surface area (Å²) in [4.78, 5) is 25.5. The van der Waals surface area contributed by atoms with Crippen molar-refractivity contribution in [2.24, 2.45) is 0 Å². The highest BCUT2D eigenvalue weighted by Gasteiger charge is 2.16. The number of nitrogens with zero attached hydrogens (tertiary/aromatic N) is 1. The third-order valence-electron chi connectivity index (χ3n) is 3.54. The molecule has 0 spiro atoms. The zero-order valence-corrected chi connectivity index (χ0v) is 15.0. The highest BCUT2D eigenvalue weighted by Crippen LogP contribution is 2.32. The van der Waals surface area contributed by atoms with Crippen molar-refractivity contribution in [1.29, 1.82) is 0 Å². The summed E-state index contributed by atoms with van der Waals surface area (Å²) in [5.41, 5.74) is 2.20. The maximum atomic E-state index is 12.1. The second-order valence-electron chi connectivity index (χ2n) is 5.37. The molecule has 0 aromatic heterocycles. The lowest BCUT2D eigenvalue weighted by atomic mass is 10.1. The van der Waals surface area contributed by atoms with Gasteiger partial charge in [0.05, 0.1) is 15.7 Å². The Hall–Kier alpha value is -2.04. The minimum Gasteiger partial charge on any atom is -0.350 e. The van der Waals surface area contributed by atoms with E-state index in [0.717, 1.165) is 5.56 Å². The Bertz CT molecular complexity index is 745. The van der Waals surface area contributed by atoms with E-state index in [1.807, 2.05) is 19.1 Å². The van der Waals surface area contributed by atoms with Crippen molar-refractivity contribution in [3.05, 3.63) is 63.6 Å². The van der Waals surface area contributed by atoms with Gasteiger partial charge in [0.15, 0.2) is 0 Å². The fraction of sp³-hybridized carbons (Fsp3) is 0.222. The number of hydrogen-bond donors (Lipinski definition) is 1. The number of rotatable bonds is 5. The number of benzene rings is 2. The van der Waals surface area contributed by atoms with Crippen molar-refractivity contribution in [3.8, 4) is 0 Å². The zero-order valence-electron chi connectivity index (χ0n) is 13.5. The molecule has 0 aliphatic heterocycles. The third kappa shape index (κ3) is 4.49. The quantitative estimate of drug-likeness (QED) is 0.868. The predicted octanol–water partition coefficient (Wildman–Crippen LogP) is 4.08. The molecule has 0 aliphatic carbocycles. The summed E-state index contributed by atoms with van der Waals surface area (Å²) in [6, 6.07) is 12.4. The fourth-order valence-corrected chi connectivity index (χ4v) is 2.63. The molecule has 2 aromatic rings. The molecule has 1 N–H and O–H groups in total. The van der Waals surface area contributed by atoms with E-state index < -0.39 is 0 Å². The molecular formula is C18H18Cl2N2O2. The van der Waals surface area contributed by atoms with Crippen LogP contribution >= 0.6 is 23.2 Å². The Kier molecular flexibility index (Phi) is 6.23. The fourth-order valence-electron chi connectivity index (χ4n) is 2.24. The lowest BCUT2D eigenvalue weighted by molar-refractivity contribution is -0.116. The molecule has 0 unspecified atom stereocenters. The first kappa shape index (κ1) is 18.3. The first-order valence-corrected chi connectivity index (χ1v) is 8.22. The van der Waals surface area contributed by atoms with Gasteiger partial charge in [0.25, 0.3) is 5.91 Å². The predicted molar refractivity (Wildman–Crippen MR) is 98.0 cm³/mol. The van der Waals surface area contributed by atoms with E-state index in [2.05, 4.69) is 5.32 Å². The minimum absolute atomic E-state index is 0.177. The number of anilines is 1. The van der Waals surface area contributed by atoms with Gasteiger partial charge in [-0.1, -0.05) is 47.0 Å². The highest BCUT2D eigenvalue weighted by atomic mass is 35.5. The number of nitrogens with one attached hydrogen (secondary N) is 1. The Morgan fingerprint density at radius 2 is 1.75 bits per heavy atom. The Morgan fingerprint density at radius 3 is 2.38 bits per heavy atom. The first-order valence-electron chi connectivity index (χ1n) is 7.47. The third-order valence-corrected chi connectivity index (χ3v) is 4.35. The molecule has 0 fully saturated rings. The van der Waals surface area contributed by atoms with Crippen molar-refractivity contribution >= 4 is 40.7 Å². The molecule has 0 radical (unpaired) electrons. The highest BCUT2D eigenvalue weighted by molar-refractivity contribution is 6.44. The summed E-state index contributed by atoms with van der Waals surface area (Å²) in [5.74, 6) is -0.362. The van der Waals surface area contributed by atoms with Crippen molar-refractivity contribution < 1.29 is 9.59 Å². The average molecular weight is 365 g/mol. The van der Waals surface area contributed by atoms with Crippen LogP contribution in [0.5, 0.6) is 0 Å². The van der Waals surface area contributed by atoms with Gasteiger partial charge in [0.1, 0.15) is 0 Å². The molecular weight excluding hydrogens is 347 g/mol. The molecule has 2 rings (SSSR count). The van der Waals surface area contributed by atoms with Crippen LogP contribution in [-0.4, -0.2) is 24.9 Å². The van der Waals surface area contributed by atoms with Crippen LogP contribution < -0.4 is 10.2 Å². The molecule has 0 atom stereocenters. The number of hydrogen-bond acceptors (Lipinski definition) is 2. The van der Waals surface area contributed by atoms with Crippen LogP contribution in [0.1, 0.15) is 22.8 Å². The van der Waals surface area contributed by atoms with Gasteiger partial charge in [-0.25, -0.2) is 0 Å². The van der Waals surface area contributed by atoms with E-state index in [0.29, 0.717) is 34.4 Å². The van der Waals surface area contributed by atoms with Crippen molar-refractivity contribution in [2.75, 3.05) is 18.0 Å². The molecule has 4 nitrogen and oxygen atoms in total.